The molecule has 0 aromatic heterocycles. The Kier molecular flexibility index (Phi) is 5.19. The summed E-state index contributed by atoms with van der Waals surface area (Å²) >= 11 is 0. The highest BCUT2D eigenvalue weighted by atomic mass is 19.3. The highest BCUT2D eigenvalue weighted by Gasteiger charge is 2.15. The van der Waals surface area contributed by atoms with E-state index in [4.69, 9.17) is 0 Å². The van der Waals surface area contributed by atoms with E-state index < -0.39 is 12.5 Å². The van der Waals surface area contributed by atoms with Gasteiger partial charge in [0.1, 0.15) is 5.75 Å². The summed E-state index contributed by atoms with van der Waals surface area (Å²) in [6.45, 7) is -3.00. The minimum absolute atomic E-state index is 0.0914. The number of alkyl halides is 2. The molecule has 6 heteroatoms. The van der Waals surface area contributed by atoms with Crippen LogP contribution >= 0.6 is 0 Å². The van der Waals surface area contributed by atoms with Crippen molar-refractivity contribution >= 4 is 17.4 Å². The predicted molar refractivity (Wildman–Crippen MR) is 77.1 cm³/mol. The molecule has 22 heavy (non-hydrogen) atoms. The van der Waals surface area contributed by atoms with Gasteiger partial charge in [-0.05, 0) is 12.1 Å². The molecule has 0 spiro atoms. The van der Waals surface area contributed by atoms with E-state index in [1.807, 2.05) is 0 Å². The molecule has 2 aromatic carbocycles. The number of nitrogens with one attached hydrogen (secondary N) is 1. The standard InChI is InChI=1S/C16H13F2NO3/c17-16(18)22-14-9-5-4-8-12(14)19-15(21)10-13(20)11-6-2-1-3-7-11/h1-9,16H,10H2,(H,19,21). The summed E-state index contributed by atoms with van der Waals surface area (Å²) in [6.07, 6.45) is -0.382. The van der Waals surface area contributed by atoms with E-state index in [1.54, 1.807) is 36.4 Å². The second-order valence-corrected chi connectivity index (χ2v) is 4.39. The van der Waals surface area contributed by atoms with Crippen molar-refractivity contribution in [2.75, 3.05) is 5.32 Å². The monoisotopic (exact) mass is 305 g/mol. The fourth-order valence-electron chi connectivity index (χ4n) is 1.83. The molecule has 4 nitrogen and oxygen atoms in total. The zero-order valence-corrected chi connectivity index (χ0v) is 11.5. The van der Waals surface area contributed by atoms with E-state index in [0.29, 0.717) is 5.56 Å². The molecule has 0 aliphatic rings. The number of para-hydroxylation sites is 2. The Bertz CT molecular complexity index is 659. The number of anilines is 1. The van der Waals surface area contributed by atoms with Crippen LogP contribution in [0.5, 0.6) is 5.75 Å². The molecule has 0 aliphatic heterocycles. The number of amides is 1. The summed E-state index contributed by atoms with van der Waals surface area (Å²) in [4.78, 5) is 23.8. The van der Waals surface area contributed by atoms with Crippen LogP contribution in [0, 0.1) is 0 Å². The maximum atomic E-state index is 12.3. The largest absolute Gasteiger partial charge is 0.433 e. The number of ether oxygens (including phenoxy) is 1. The van der Waals surface area contributed by atoms with Crippen molar-refractivity contribution in [2.24, 2.45) is 0 Å². The van der Waals surface area contributed by atoms with Crippen LogP contribution < -0.4 is 10.1 Å². The number of Topliss-reactive ketones (excluding diaryl/α,β-unsaturated/α-hetero) is 1. The molecule has 0 bridgehead atoms. The van der Waals surface area contributed by atoms with E-state index in [1.165, 1.54) is 18.2 Å². The third-order valence-electron chi connectivity index (χ3n) is 2.79. The Morgan fingerprint density at radius 3 is 2.32 bits per heavy atom. The lowest BCUT2D eigenvalue weighted by Gasteiger charge is -2.11. The van der Waals surface area contributed by atoms with Crippen LogP contribution in [-0.4, -0.2) is 18.3 Å². The first-order valence-electron chi connectivity index (χ1n) is 6.48. The van der Waals surface area contributed by atoms with Crippen molar-refractivity contribution < 1.29 is 23.1 Å². The molecule has 114 valence electrons. The second kappa shape index (κ2) is 7.31. The molecule has 0 radical (unpaired) electrons. The van der Waals surface area contributed by atoms with Gasteiger partial charge < -0.3 is 10.1 Å². The van der Waals surface area contributed by atoms with Gasteiger partial charge in [-0.2, -0.15) is 8.78 Å². The Hall–Kier alpha value is -2.76. The van der Waals surface area contributed by atoms with Gasteiger partial charge in [0, 0.05) is 5.56 Å². The third kappa shape index (κ3) is 4.37. The van der Waals surface area contributed by atoms with Crippen LogP contribution in [0.15, 0.2) is 54.6 Å². The first-order valence-corrected chi connectivity index (χ1v) is 6.48. The van der Waals surface area contributed by atoms with Gasteiger partial charge in [-0.1, -0.05) is 42.5 Å². The van der Waals surface area contributed by atoms with E-state index in [2.05, 4.69) is 10.1 Å². The second-order valence-electron chi connectivity index (χ2n) is 4.39. The zero-order valence-electron chi connectivity index (χ0n) is 11.5. The van der Waals surface area contributed by atoms with Gasteiger partial charge in [0.2, 0.25) is 5.91 Å². The zero-order chi connectivity index (χ0) is 15.9. The molecule has 0 fully saturated rings. The van der Waals surface area contributed by atoms with E-state index in [9.17, 15) is 18.4 Å². The molecule has 0 heterocycles. The lowest BCUT2D eigenvalue weighted by Crippen LogP contribution is -2.17. The number of ketones is 1. The maximum Gasteiger partial charge on any atom is 0.387 e. The molecule has 0 aliphatic carbocycles. The first-order chi connectivity index (χ1) is 10.6. The summed E-state index contributed by atoms with van der Waals surface area (Å²) < 4.78 is 28.9. The fraction of sp³-hybridized carbons (Fsp3) is 0.125. The molecule has 0 saturated heterocycles. The number of rotatable bonds is 6. The van der Waals surface area contributed by atoms with Gasteiger partial charge in [0.15, 0.2) is 5.78 Å². The Morgan fingerprint density at radius 2 is 1.64 bits per heavy atom. The van der Waals surface area contributed by atoms with Gasteiger partial charge in [-0.15, -0.1) is 0 Å². The van der Waals surface area contributed by atoms with Gasteiger partial charge in [0.05, 0.1) is 12.1 Å². The van der Waals surface area contributed by atoms with Crippen LogP contribution in [0.2, 0.25) is 0 Å². The quantitative estimate of drug-likeness (QED) is 0.656. The first kappa shape index (κ1) is 15.6. The lowest BCUT2D eigenvalue weighted by atomic mass is 10.1. The van der Waals surface area contributed by atoms with Crippen molar-refractivity contribution in [2.45, 2.75) is 13.0 Å². The molecule has 2 rings (SSSR count). The normalized spacial score (nSPS) is 10.3. The van der Waals surface area contributed by atoms with Gasteiger partial charge in [0.25, 0.3) is 0 Å². The molecule has 1 amide bonds. The van der Waals surface area contributed by atoms with Crippen molar-refractivity contribution in [3.05, 3.63) is 60.2 Å². The van der Waals surface area contributed by atoms with Gasteiger partial charge >= 0.3 is 6.61 Å². The van der Waals surface area contributed by atoms with E-state index in [0.717, 1.165) is 0 Å². The average Bonchev–Trinajstić information content (AvgIpc) is 2.49. The topological polar surface area (TPSA) is 55.4 Å². The van der Waals surface area contributed by atoms with Crippen LogP contribution in [0.4, 0.5) is 14.5 Å². The summed E-state index contributed by atoms with van der Waals surface area (Å²) in [5.74, 6) is -1.11. The van der Waals surface area contributed by atoms with Crippen LogP contribution in [0.3, 0.4) is 0 Å². The van der Waals surface area contributed by atoms with E-state index in [-0.39, 0.29) is 23.6 Å². The Balaban J connectivity index is 2.02. The smallest absolute Gasteiger partial charge is 0.387 e. The third-order valence-corrected chi connectivity index (χ3v) is 2.79. The number of benzene rings is 2. The molecule has 0 unspecified atom stereocenters. The average molecular weight is 305 g/mol. The number of hydrogen-bond donors (Lipinski definition) is 1. The van der Waals surface area contributed by atoms with Crippen molar-refractivity contribution in [3.8, 4) is 5.75 Å². The molecule has 0 saturated carbocycles. The lowest BCUT2D eigenvalue weighted by molar-refractivity contribution is -0.115. The fourth-order valence-corrected chi connectivity index (χ4v) is 1.83. The maximum absolute atomic E-state index is 12.3. The highest BCUT2D eigenvalue weighted by Crippen LogP contribution is 2.25. The van der Waals surface area contributed by atoms with Gasteiger partial charge in [-0.3, -0.25) is 9.59 Å². The van der Waals surface area contributed by atoms with Crippen LogP contribution in [0.25, 0.3) is 0 Å². The highest BCUT2D eigenvalue weighted by molar-refractivity contribution is 6.11. The number of carbonyl (C=O) groups excluding carboxylic acids is 2. The number of halogens is 2. The van der Waals surface area contributed by atoms with Crippen LogP contribution in [-0.2, 0) is 4.79 Å². The van der Waals surface area contributed by atoms with Crippen molar-refractivity contribution in [3.63, 3.8) is 0 Å². The van der Waals surface area contributed by atoms with E-state index >= 15 is 0 Å². The Morgan fingerprint density at radius 1 is 1.00 bits per heavy atom. The van der Waals surface area contributed by atoms with Crippen molar-refractivity contribution in [1.82, 2.24) is 0 Å². The SMILES string of the molecule is O=C(CC(=O)c1ccccc1)Nc1ccccc1OC(F)F. The van der Waals surface area contributed by atoms with Gasteiger partial charge in [-0.25, -0.2) is 0 Å². The van der Waals surface area contributed by atoms with Crippen LogP contribution in [0.1, 0.15) is 16.8 Å². The summed E-state index contributed by atoms with van der Waals surface area (Å²) in [5.41, 5.74) is 0.503. The minimum atomic E-state index is -3.00. The molecular weight excluding hydrogens is 292 g/mol. The Labute approximate surface area is 125 Å². The minimum Gasteiger partial charge on any atom is -0.433 e. The predicted octanol–water partition coefficient (Wildman–Crippen LogP) is 3.50. The summed E-state index contributed by atoms with van der Waals surface area (Å²) in [5, 5.41) is 2.40. The summed E-state index contributed by atoms with van der Waals surface area (Å²) in [6, 6.07) is 14.1. The number of hydrogen-bond acceptors (Lipinski definition) is 3. The molecule has 0 atom stereocenters. The number of carbonyl (C=O) groups is 2. The summed E-state index contributed by atoms with van der Waals surface area (Å²) in [7, 11) is 0. The molecular formula is C16H13F2NO3. The molecule has 1 N–H and O–H groups in total. The van der Waals surface area contributed by atoms with Crippen molar-refractivity contribution in [1.29, 1.82) is 0 Å². The molecule has 2 aromatic rings.